The molecule has 2 N–H and O–H groups in total. The Hall–Kier alpha value is -1.17. The molecule has 1 aromatic rings. The maximum Gasteiger partial charge on any atom is 0.356 e. The Morgan fingerprint density at radius 1 is 1.53 bits per heavy atom. The van der Waals surface area contributed by atoms with E-state index in [-0.39, 0.29) is 18.0 Å². The lowest BCUT2D eigenvalue weighted by Crippen LogP contribution is -2.19. The average molecular weight is 260 g/mol. The van der Waals surface area contributed by atoms with Crippen molar-refractivity contribution in [3.05, 3.63) is 29.6 Å². The van der Waals surface area contributed by atoms with Gasteiger partial charge in [0.25, 0.3) is 0 Å². The van der Waals surface area contributed by atoms with Crippen LogP contribution in [-0.4, -0.2) is 40.3 Å². The summed E-state index contributed by atoms with van der Waals surface area (Å²) < 4.78 is 4.49. The molecule has 1 aromatic heterocycles. The second-order valence-corrected chi connectivity index (χ2v) is 3.84. The predicted molar refractivity (Wildman–Crippen MR) is 61.9 cm³/mol. The van der Waals surface area contributed by atoms with E-state index in [1.165, 1.54) is 25.4 Å². The summed E-state index contributed by atoms with van der Waals surface area (Å²) in [5.41, 5.74) is 0.575. The number of aliphatic hydroxyl groups excluding tert-OH is 2. The maximum atomic E-state index is 11.1. The predicted octanol–water partition coefficient (Wildman–Crippen LogP) is 0.891. The van der Waals surface area contributed by atoms with E-state index in [2.05, 4.69) is 9.72 Å². The van der Waals surface area contributed by atoms with Gasteiger partial charge in [0.05, 0.1) is 13.2 Å². The van der Waals surface area contributed by atoms with Crippen molar-refractivity contribution in [2.45, 2.75) is 18.6 Å². The molecular formula is C11H14ClNO4. The number of pyridine rings is 1. The number of hydrogen-bond acceptors (Lipinski definition) is 5. The van der Waals surface area contributed by atoms with Gasteiger partial charge in [0.2, 0.25) is 0 Å². The van der Waals surface area contributed by atoms with Crippen LogP contribution < -0.4 is 0 Å². The summed E-state index contributed by atoms with van der Waals surface area (Å²) in [5.74, 6) is -0.293. The minimum absolute atomic E-state index is 0.148. The second-order valence-electron chi connectivity index (χ2n) is 3.46. The van der Waals surface area contributed by atoms with Gasteiger partial charge in [0.1, 0.15) is 11.8 Å². The molecule has 0 aliphatic carbocycles. The zero-order valence-corrected chi connectivity index (χ0v) is 10.1. The molecule has 5 nitrogen and oxygen atoms in total. The largest absolute Gasteiger partial charge is 0.464 e. The molecule has 2 atom stereocenters. The van der Waals surface area contributed by atoms with Crippen molar-refractivity contribution in [1.82, 2.24) is 4.98 Å². The van der Waals surface area contributed by atoms with Gasteiger partial charge < -0.3 is 14.9 Å². The van der Waals surface area contributed by atoms with Crippen molar-refractivity contribution in [2.24, 2.45) is 0 Å². The quantitative estimate of drug-likeness (QED) is 0.606. The third kappa shape index (κ3) is 3.66. The fraction of sp³-hybridized carbons (Fsp3) is 0.455. The van der Waals surface area contributed by atoms with Crippen LogP contribution in [-0.2, 0) is 4.74 Å². The number of carbonyl (C=O) groups excluding carboxylic acids is 1. The standard InChI is InChI=1S/C11H14ClNO4/c1-17-11(16)8-3-2-7(6-13-8)10(15)9(14)4-5-12/h2-3,6,9-10,14-15H,4-5H2,1H3. The van der Waals surface area contributed by atoms with E-state index in [0.717, 1.165) is 0 Å². The molecule has 0 aliphatic rings. The maximum absolute atomic E-state index is 11.1. The Labute approximate surface area is 104 Å². The average Bonchev–Trinajstić information content (AvgIpc) is 2.37. The van der Waals surface area contributed by atoms with Gasteiger partial charge in [-0.1, -0.05) is 6.07 Å². The first kappa shape index (κ1) is 13.9. The highest BCUT2D eigenvalue weighted by molar-refractivity contribution is 6.17. The molecule has 17 heavy (non-hydrogen) atoms. The Morgan fingerprint density at radius 3 is 2.71 bits per heavy atom. The molecule has 0 bridgehead atoms. The van der Waals surface area contributed by atoms with Crippen molar-refractivity contribution in [3.8, 4) is 0 Å². The molecule has 2 unspecified atom stereocenters. The van der Waals surface area contributed by atoms with Gasteiger partial charge in [-0.3, -0.25) is 0 Å². The van der Waals surface area contributed by atoms with Crippen molar-refractivity contribution in [2.75, 3.05) is 13.0 Å². The number of carbonyl (C=O) groups is 1. The van der Waals surface area contributed by atoms with Crippen LogP contribution in [0.2, 0.25) is 0 Å². The first-order chi connectivity index (χ1) is 8.10. The molecule has 0 radical (unpaired) electrons. The second kappa shape index (κ2) is 6.54. The van der Waals surface area contributed by atoms with E-state index in [1.807, 2.05) is 0 Å². The van der Waals surface area contributed by atoms with E-state index in [1.54, 1.807) is 0 Å². The van der Waals surface area contributed by atoms with Crippen LogP contribution in [0.1, 0.15) is 28.6 Å². The van der Waals surface area contributed by atoms with Crippen LogP contribution in [0.3, 0.4) is 0 Å². The normalized spacial score (nSPS) is 14.1. The molecule has 0 saturated carbocycles. The smallest absolute Gasteiger partial charge is 0.356 e. The van der Waals surface area contributed by atoms with Gasteiger partial charge in [-0.15, -0.1) is 11.6 Å². The number of methoxy groups -OCH3 is 1. The van der Waals surface area contributed by atoms with E-state index < -0.39 is 18.2 Å². The molecule has 94 valence electrons. The summed E-state index contributed by atoms with van der Waals surface area (Å²) in [5, 5.41) is 19.3. The van der Waals surface area contributed by atoms with E-state index >= 15 is 0 Å². The third-order valence-electron chi connectivity index (χ3n) is 2.29. The highest BCUT2D eigenvalue weighted by atomic mass is 35.5. The van der Waals surface area contributed by atoms with E-state index in [4.69, 9.17) is 11.6 Å². The molecule has 0 amide bonds. The van der Waals surface area contributed by atoms with Crippen LogP contribution in [0.25, 0.3) is 0 Å². The van der Waals surface area contributed by atoms with E-state index in [0.29, 0.717) is 5.56 Å². The first-order valence-electron chi connectivity index (χ1n) is 5.06. The molecule has 0 aromatic carbocycles. The molecular weight excluding hydrogens is 246 g/mol. The molecule has 0 saturated heterocycles. The number of esters is 1. The first-order valence-corrected chi connectivity index (χ1v) is 5.60. The Kier molecular flexibility index (Phi) is 5.34. The van der Waals surface area contributed by atoms with Crippen molar-refractivity contribution in [1.29, 1.82) is 0 Å². The Morgan fingerprint density at radius 2 is 2.24 bits per heavy atom. The monoisotopic (exact) mass is 259 g/mol. The fourth-order valence-corrected chi connectivity index (χ4v) is 1.52. The van der Waals surface area contributed by atoms with Crippen LogP contribution in [0.15, 0.2) is 18.3 Å². The minimum atomic E-state index is -1.06. The number of aliphatic hydroxyl groups is 2. The number of halogens is 1. The highest BCUT2D eigenvalue weighted by Gasteiger charge is 2.18. The van der Waals surface area contributed by atoms with Crippen molar-refractivity contribution in [3.63, 3.8) is 0 Å². The third-order valence-corrected chi connectivity index (χ3v) is 2.51. The summed E-state index contributed by atoms with van der Waals surface area (Å²) in [6, 6.07) is 2.94. The number of alkyl halides is 1. The highest BCUT2D eigenvalue weighted by Crippen LogP contribution is 2.18. The van der Waals surface area contributed by atoms with Crippen LogP contribution >= 0.6 is 11.6 Å². The number of aromatic nitrogens is 1. The molecule has 0 spiro atoms. The topological polar surface area (TPSA) is 79.7 Å². The van der Waals surface area contributed by atoms with Gasteiger partial charge in [-0.25, -0.2) is 9.78 Å². The molecule has 6 heteroatoms. The zero-order chi connectivity index (χ0) is 12.8. The number of nitrogens with zero attached hydrogens (tertiary/aromatic N) is 1. The number of rotatable bonds is 5. The van der Waals surface area contributed by atoms with Crippen molar-refractivity contribution < 1.29 is 19.7 Å². The summed E-state index contributed by atoms with van der Waals surface area (Å²) in [6.07, 6.45) is -0.401. The molecule has 1 rings (SSSR count). The number of hydrogen-bond donors (Lipinski definition) is 2. The van der Waals surface area contributed by atoms with Crippen LogP contribution in [0.5, 0.6) is 0 Å². The van der Waals surface area contributed by atoms with Crippen molar-refractivity contribution >= 4 is 17.6 Å². The molecule has 0 aliphatic heterocycles. The van der Waals surface area contributed by atoms with Crippen LogP contribution in [0.4, 0.5) is 0 Å². The summed E-state index contributed by atoms with van der Waals surface area (Å²) in [6.45, 7) is 0. The SMILES string of the molecule is COC(=O)c1ccc(C(O)C(O)CCCl)cn1. The number of ether oxygens (including phenoxy) is 1. The summed E-state index contributed by atoms with van der Waals surface area (Å²) in [4.78, 5) is 15.0. The fourth-order valence-electron chi connectivity index (χ4n) is 1.30. The Balaban J connectivity index is 2.76. The minimum Gasteiger partial charge on any atom is -0.464 e. The molecule has 1 heterocycles. The van der Waals surface area contributed by atoms with Gasteiger partial charge in [-0.2, -0.15) is 0 Å². The lowest BCUT2D eigenvalue weighted by Gasteiger charge is -2.16. The zero-order valence-electron chi connectivity index (χ0n) is 9.34. The van der Waals surface area contributed by atoms with Gasteiger partial charge in [-0.05, 0) is 12.5 Å². The lowest BCUT2D eigenvalue weighted by molar-refractivity contribution is 0.0167. The molecule has 0 fully saturated rings. The summed E-state index contributed by atoms with van der Waals surface area (Å²) in [7, 11) is 1.26. The Bertz CT molecular complexity index is 368. The van der Waals surface area contributed by atoms with Gasteiger partial charge >= 0.3 is 5.97 Å². The lowest BCUT2D eigenvalue weighted by atomic mass is 10.0. The van der Waals surface area contributed by atoms with Gasteiger partial charge in [0, 0.05) is 17.6 Å². The van der Waals surface area contributed by atoms with Crippen LogP contribution in [0, 0.1) is 0 Å². The summed E-state index contributed by atoms with van der Waals surface area (Å²) >= 11 is 5.47. The van der Waals surface area contributed by atoms with E-state index in [9.17, 15) is 15.0 Å². The van der Waals surface area contributed by atoms with Gasteiger partial charge in [0.15, 0.2) is 0 Å².